The summed E-state index contributed by atoms with van der Waals surface area (Å²) < 4.78 is 0.193. The lowest BCUT2D eigenvalue weighted by Crippen LogP contribution is -2.09. The minimum atomic E-state index is 0.193. The molecule has 0 spiro atoms. The summed E-state index contributed by atoms with van der Waals surface area (Å²) in [7, 11) is 0. The van der Waals surface area contributed by atoms with Crippen molar-refractivity contribution in [2.45, 2.75) is 37.1 Å². The van der Waals surface area contributed by atoms with Crippen molar-refractivity contribution in [2.75, 3.05) is 0 Å². The summed E-state index contributed by atoms with van der Waals surface area (Å²) in [5.74, 6) is 0. The molecule has 0 aliphatic carbocycles. The lowest BCUT2D eigenvalue weighted by Gasteiger charge is -2.18. The molecule has 2 N–H and O–H groups in total. The first kappa shape index (κ1) is 10.5. The molecule has 0 amide bonds. The van der Waals surface area contributed by atoms with E-state index in [-0.39, 0.29) is 4.75 Å². The Morgan fingerprint density at radius 2 is 2.15 bits per heavy atom. The quantitative estimate of drug-likeness (QED) is 0.738. The van der Waals surface area contributed by atoms with Gasteiger partial charge in [0.15, 0.2) is 0 Å². The van der Waals surface area contributed by atoms with Gasteiger partial charge in [0.2, 0.25) is 0 Å². The van der Waals surface area contributed by atoms with Crippen LogP contribution in [0, 0.1) is 0 Å². The van der Waals surface area contributed by atoms with Gasteiger partial charge in [0.05, 0.1) is 0 Å². The minimum Gasteiger partial charge on any atom is -0.326 e. The lowest BCUT2D eigenvalue weighted by atomic mass is 10.3. The van der Waals surface area contributed by atoms with E-state index in [1.165, 1.54) is 0 Å². The van der Waals surface area contributed by atoms with E-state index < -0.39 is 0 Å². The number of nitrogens with two attached hydrogens (primary N) is 1. The molecule has 0 unspecified atom stereocenters. The van der Waals surface area contributed by atoms with Gasteiger partial charge in [-0.15, -0.1) is 11.8 Å². The zero-order valence-corrected chi connectivity index (χ0v) is 9.19. The van der Waals surface area contributed by atoms with Gasteiger partial charge in [0.1, 0.15) is 5.03 Å². The molecule has 0 aliphatic heterocycles. The van der Waals surface area contributed by atoms with Crippen molar-refractivity contribution < 1.29 is 0 Å². The van der Waals surface area contributed by atoms with Crippen LogP contribution in [0.15, 0.2) is 23.4 Å². The van der Waals surface area contributed by atoms with Crippen LogP contribution in [0.25, 0.3) is 0 Å². The molecular formula is C10H16N2S. The zero-order chi connectivity index (χ0) is 9.90. The Hall–Kier alpha value is -0.540. The van der Waals surface area contributed by atoms with Crippen LogP contribution < -0.4 is 5.73 Å². The Bertz CT molecular complexity index is 278. The van der Waals surface area contributed by atoms with Crippen molar-refractivity contribution in [1.82, 2.24) is 4.98 Å². The molecule has 1 aromatic rings. The van der Waals surface area contributed by atoms with Gasteiger partial charge in [-0.25, -0.2) is 4.98 Å². The molecular weight excluding hydrogens is 180 g/mol. The van der Waals surface area contributed by atoms with Gasteiger partial charge >= 0.3 is 0 Å². The molecule has 3 heteroatoms. The molecule has 0 aliphatic rings. The van der Waals surface area contributed by atoms with Gasteiger partial charge in [-0.3, -0.25) is 0 Å². The number of pyridine rings is 1. The molecule has 0 fully saturated rings. The second-order valence-corrected chi connectivity index (χ2v) is 5.70. The van der Waals surface area contributed by atoms with E-state index in [1.807, 2.05) is 18.3 Å². The first-order valence-electron chi connectivity index (χ1n) is 4.36. The van der Waals surface area contributed by atoms with E-state index in [2.05, 4.69) is 25.8 Å². The SMILES string of the molecule is CC(C)(C)Sc1ncccc1CN. The number of rotatable bonds is 2. The van der Waals surface area contributed by atoms with Crippen molar-refractivity contribution in [1.29, 1.82) is 0 Å². The van der Waals surface area contributed by atoms with Crippen molar-refractivity contribution in [3.05, 3.63) is 23.9 Å². The maximum atomic E-state index is 5.62. The van der Waals surface area contributed by atoms with Gasteiger partial charge in [0, 0.05) is 17.5 Å². The molecule has 0 aromatic carbocycles. The summed E-state index contributed by atoms with van der Waals surface area (Å²) in [5, 5.41) is 1.05. The number of hydrogen-bond donors (Lipinski definition) is 1. The molecule has 72 valence electrons. The Morgan fingerprint density at radius 3 is 2.69 bits per heavy atom. The largest absolute Gasteiger partial charge is 0.326 e. The summed E-state index contributed by atoms with van der Waals surface area (Å²) in [6, 6.07) is 3.95. The smallest absolute Gasteiger partial charge is 0.101 e. The summed E-state index contributed by atoms with van der Waals surface area (Å²) >= 11 is 1.76. The molecule has 0 radical (unpaired) electrons. The van der Waals surface area contributed by atoms with E-state index in [0.717, 1.165) is 10.6 Å². The van der Waals surface area contributed by atoms with Crippen molar-refractivity contribution in [2.24, 2.45) is 5.73 Å². The Balaban J connectivity index is 2.87. The second kappa shape index (κ2) is 4.11. The third-order valence-electron chi connectivity index (χ3n) is 1.47. The summed E-state index contributed by atoms with van der Waals surface area (Å²) in [5.41, 5.74) is 6.74. The van der Waals surface area contributed by atoms with E-state index in [4.69, 9.17) is 5.73 Å². The predicted molar refractivity (Wildman–Crippen MR) is 57.7 cm³/mol. The van der Waals surface area contributed by atoms with E-state index in [1.54, 1.807) is 11.8 Å². The summed E-state index contributed by atoms with van der Waals surface area (Å²) in [4.78, 5) is 4.32. The number of hydrogen-bond acceptors (Lipinski definition) is 3. The van der Waals surface area contributed by atoms with Crippen LogP contribution in [0.4, 0.5) is 0 Å². The molecule has 0 saturated heterocycles. The Kier molecular flexibility index (Phi) is 3.33. The monoisotopic (exact) mass is 196 g/mol. The highest BCUT2D eigenvalue weighted by Gasteiger charge is 2.14. The fourth-order valence-corrected chi connectivity index (χ4v) is 1.94. The van der Waals surface area contributed by atoms with Crippen molar-refractivity contribution in [3.8, 4) is 0 Å². The Morgan fingerprint density at radius 1 is 1.46 bits per heavy atom. The van der Waals surface area contributed by atoms with Crippen LogP contribution in [0.5, 0.6) is 0 Å². The number of thioether (sulfide) groups is 1. The first-order chi connectivity index (χ1) is 6.03. The standard InChI is InChI=1S/C10H16N2S/c1-10(2,3)13-9-8(7-11)5-4-6-12-9/h4-6H,7,11H2,1-3H3. The van der Waals surface area contributed by atoms with Gasteiger partial charge < -0.3 is 5.73 Å². The van der Waals surface area contributed by atoms with Crippen LogP contribution >= 0.6 is 11.8 Å². The highest BCUT2D eigenvalue weighted by Crippen LogP contribution is 2.32. The van der Waals surface area contributed by atoms with Crippen molar-refractivity contribution >= 4 is 11.8 Å². The van der Waals surface area contributed by atoms with Gasteiger partial charge in [-0.05, 0) is 11.6 Å². The third-order valence-corrected chi connectivity index (χ3v) is 2.65. The molecule has 1 rings (SSSR count). The first-order valence-corrected chi connectivity index (χ1v) is 5.17. The van der Waals surface area contributed by atoms with Crippen LogP contribution in [-0.4, -0.2) is 9.73 Å². The number of aromatic nitrogens is 1. The minimum absolute atomic E-state index is 0.193. The highest BCUT2D eigenvalue weighted by molar-refractivity contribution is 8.00. The second-order valence-electron chi connectivity index (χ2n) is 3.89. The van der Waals surface area contributed by atoms with E-state index >= 15 is 0 Å². The normalized spacial score (nSPS) is 11.7. The number of nitrogens with zero attached hydrogens (tertiary/aromatic N) is 1. The van der Waals surface area contributed by atoms with Gasteiger partial charge in [0.25, 0.3) is 0 Å². The third kappa shape index (κ3) is 3.36. The predicted octanol–water partition coefficient (Wildman–Crippen LogP) is 2.43. The summed E-state index contributed by atoms with van der Waals surface area (Å²) in [6.07, 6.45) is 1.81. The van der Waals surface area contributed by atoms with Gasteiger partial charge in [-0.1, -0.05) is 26.8 Å². The molecule has 2 nitrogen and oxygen atoms in total. The van der Waals surface area contributed by atoms with Crippen LogP contribution in [-0.2, 0) is 6.54 Å². The van der Waals surface area contributed by atoms with Crippen LogP contribution in [0.3, 0.4) is 0 Å². The maximum absolute atomic E-state index is 5.62. The molecule has 0 saturated carbocycles. The fraction of sp³-hybridized carbons (Fsp3) is 0.500. The van der Waals surface area contributed by atoms with Gasteiger partial charge in [-0.2, -0.15) is 0 Å². The van der Waals surface area contributed by atoms with Crippen LogP contribution in [0.1, 0.15) is 26.3 Å². The molecule has 1 heterocycles. The maximum Gasteiger partial charge on any atom is 0.101 e. The zero-order valence-electron chi connectivity index (χ0n) is 8.37. The van der Waals surface area contributed by atoms with Crippen LogP contribution in [0.2, 0.25) is 0 Å². The molecule has 1 aromatic heterocycles. The Labute approximate surface area is 83.9 Å². The fourth-order valence-electron chi connectivity index (χ4n) is 0.961. The molecule has 0 bridgehead atoms. The lowest BCUT2D eigenvalue weighted by molar-refractivity contribution is 0.796. The summed E-state index contributed by atoms with van der Waals surface area (Å²) in [6.45, 7) is 7.08. The molecule has 13 heavy (non-hydrogen) atoms. The topological polar surface area (TPSA) is 38.9 Å². The molecule has 0 atom stereocenters. The average molecular weight is 196 g/mol. The average Bonchev–Trinajstić information content (AvgIpc) is 2.02. The van der Waals surface area contributed by atoms with E-state index in [0.29, 0.717) is 6.54 Å². The highest BCUT2D eigenvalue weighted by atomic mass is 32.2. The van der Waals surface area contributed by atoms with Crippen molar-refractivity contribution in [3.63, 3.8) is 0 Å². The van der Waals surface area contributed by atoms with E-state index in [9.17, 15) is 0 Å².